The quantitative estimate of drug-likeness (QED) is 0.384. The van der Waals surface area contributed by atoms with Crippen molar-refractivity contribution in [3.8, 4) is 0 Å². The van der Waals surface area contributed by atoms with E-state index >= 15 is 0 Å². The first-order valence-corrected chi connectivity index (χ1v) is 9.94. The van der Waals surface area contributed by atoms with Gasteiger partial charge in [-0.3, -0.25) is 9.89 Å². The molecule has 2 aliphatic heterocycles. The van der Waals surface area contributed by atoms with Crippen molar-refractivity contribution in [1.29, 1.82) is 0 Å². The number of nitrogens with one attached hydrogen (secondary N) is 1. The molecule has 8 nitrogen and oxygen atoms in total. The third-order valence-corrected chi connectivity index (χ3v) is 5.38. The Morgan fingerprint density at radius 2 is 2.04 bits per heavy atom. The van der Waals surface area contributed by atoms with Gasteiger partial charge in [0.2, 0.25) is 0 Å². The van der Waals surface area contributed by atoms with Gasteiger partial charge >= 0.3 is 0 Å². The van der Waals surface area contributed by atoms with Crippen molar-refractivity contribution >= 4 is 29.9 Å². The lowest BCUT2D eigenvalue weighted by molar-refractivity contribution is 0.169. The van der Waals surface area contributed by atoms with Gasteiger partial charge in [0.15, 0.2) is 5.96 Å². The summed E-state index contributed by atoms with van der Waals surface area (Å²) in [6, 6.07) is 1.93. The first-order chi connectivity index (χ1) is 13.3. The Kier molecular flexibility index (Phi) is 7.72. The normalized spacial score (nSPS) is 17.9. The number of hydrogen-bond acceptors (Lipinski definition) is 5. The predicted molar refractivity (Wildman–Crippen MR) is 119 cm³/mol. The number of hydrogen-bond donors (Lipinski definition) is 1. The molecule has 0 unspecified atom stereocenters. The molecule has 1 N–H and O–H groups in total. The van der Waals surface area contributed by atoms with Gasteiger partial charge in [0.05, 0.1) is 11.4 Å². The fourth-order valence-electron chi connectivity index (χ4n) is 3.89. The third-order valence-electron chi connectivity index (χ3n) is 5.38. The minimum Gasteiger partial charge on any atom is -0.364 e. The molecule has 0 bridgehead atoms. The van der Waals surface area contributed by atoms with Crippen LogP contribution in [0.5, 0.6) is 0 Å². The van der Waals surface area contributed by atoms with Gasteiger partial charge in [0.25, 0.3) is 0 Å². The largest absolute Gasteiger partial charge is 0.364 e. The molecule has 4 heterocycles. The Labute approximate surface area is 183 Å². The molecule has 28 heavy (non-hydrogen) atoms. The van der Waals surface area contributed by atoms with Crippen molar-refractivity contribution in [2.75, 3.05) is 39.8 Å². The van der Waals surface area contributed by atoms with Crippen LogP contribution in [0.15, 0.2) is 28.0 Å². The van der Waals surface area contributed by atoms with Crippen molar-refractivity contribution < 1.29 is 4.52 Å². The minimum atomic E-state index is 0. The molecule has 2 aliphatic rings. The maximum atomic E-state index is 4.92. The third kappa shape index (κ3) is 5.25. The van der Waals surface area contributed by atoms with E-state index in [-0.39, 0.29) is 24.0 Å². The lowest BCUT2D eigenvalue weighted by Gasteiger charge is -2.36. The maximum absolute atomic E-state index is 4.92. The van der Waals surface area contributed by atoms with Gasteiger partial charge in [-0.05, 0) is 12.8 Å². The van der Waals surface area contributed by atoms with E-state index in [1.54, 1.807) is 6.26 Å². The van der Waals surface area contributed by atoms with Crippen LogP contribution in [0, 0.1) is 0 Å². The standard InChI is InChI=1S/C19H29N7O.HI/c1-20-19(21-7-5-16-15-26-8-3-2-4-18(26)22-16)25-11-9-24(10-12-25)14-17-6-13-27-23-17;/h6,13,15H,2-5,7-12,14H2,1H3,(H,20,21);1H. The van der Waals surface area contributed by atoms with Gasteiger partial charge in [-0.2, -0.15) is 0 Å². The Morgan fingerprint density at radius 3 is 2.75 bits per heavy atom. The zero-order valence-corrected chi connectivity index (χ0v) is 18.8. The summed E-state index contributed by atoms with van der Waals surface area (Å²) < 4.78 is 7.24. The summed E-state index contributed by atoms with van der Waals surface area (Å²) in [6.07, 6.45) is 8.45. The van der Waals surface area contributed by atoms with Crippen LogP contribution in [0.2, 0.25) is 0 Å². The van der Waals surface area contributed by atoms with Gasteiger partial charge in [0, 0.05) is 78.0 Å². The monoisotopic (exact) mass is 499 g/mol. The maximum Gasteiger partial charge on any atom is 0.193 e. The van der Waals surface area contributed by atoms with E-state index in [1.807, 2.05) is 13.1 Å². The van der Waals surface area contributed by atoms with Gasteiger partial charge in [-0.25, -0.2) is 4.98 Å². The zero-order chi connectivity index (χ0) is 18.5. The minimum absolute atomic E-state index is 0. The van der Waals surface area contributed by atoms with Crippen LogP contribution in [-0.4, -0.2) is 70.2 Å². The molecule has 2 aromatic heterocycles. The summed E-state index contributed by atoms with van der Waals surface area (Å²) in [5.41, 5.74) is 2.18. The summed E-state index contributed by atoms with van der Waals surface area (Å²) in [6.45, 7) is 6.77. The molecular formula is C19H30IN7O. The predicted octanol–water partition coefficient (Wildman–Crippen LogP) is 1.76. The molecule has 0 saturated carbocycles. The summed E-state index contributed by atoms with van der Waals surface area (Å²) in [4.78, 5) is 14.0. The van der Waals surface area contributed by atoms with E-state index < -0.39 is 0 Å². The number of aliphatic imine (C=N–C) groups is 1. The van der Waals surface area contributed by atoms with Crippen LogP contribution in [0.1, 0.15) is 30.1 Å². The van der Waals surface area contributed by atoms with E-state index in [4.69, 9.17) is 9.51 Å². The molecule has 0 atom stereocenters. The Morgan fingerprint density at radius 1 is 1.18 bits per heavy atom. The Balaban J connectivity index is 0.00000225. The lowest BCUT2D eigenvalue weighted by atomic mass is 10.2. The van der Waals surface area contributed by atoms with E-state index in [1.165, 1.54) is 24.4 Å². The van der Waals surface area contributed by atoms with Gasteiger partial charge < -0.3 is 19.3 Å². The molecule has 4 rings (SSSR count). The average molecular weight is 499 g/mol. The first kappa shape index (κ1) is 21.1. The van der Waals surface area contributed by atoms with Crippen molar-refractivity contribution in [3.05, 3.63) is 35.7 Å². The van der Waals surface area contributed by atoms with Crippen molar-refractivity contribution in [1.82, 2.24) is 29.8 Å². The van der Waals surface area contributed by atoms with Crippen molar-refractivity contribution in [2.45, 2.75) is 38.8 Å². The number of fused-ring (bicyclic) bond motifs is 1. The number of nitrogens with zero attached hydrogens (tertiary/aromatic N) is 6. The zero-order valence-electron chi connectivity index (χ0n) is 16.5. The molecule has 0 aromatic carbocycles. The molecule has 9 heteroatoms. The van der Waals surface area contributed by atoms with Crippen LogP contribution in [0.4, 0.5) is 0 Å². The fourth-order valence-corrected chi connectivity index (χ4v) is 3.89. The second-order valence-electron chi connectivity index (χ2n) is 7.28. The molecule has 154 valence electrons. The molecule has 0 amide bonds. The van der Waals surface area contributed by atoms with Crippen molar-refractivity contribution in [3.63, 3.8) is 0 Å². The number of aromatic nitrogens is 3. The second kappa shape index (κ2) is 10.2. The molecular weight excluding hydrogens is 469 g/mol. The molecule has 0 spiro atoms. The smallest absolute Gasteiger partial charge is 0.193 e. The number of rotatable bonds is 5. The summed E-state index contributed by atoms with van der Waals surface area (Å²) in [7, 11) is 1.86. The fraction of sp³-hybridized carbons (Fsp3) is 0.632. The number of halogens is 1. The van der Waals surface area contributed by atoms with E-state index in [2.05, 4.69) is 36.0 Å². The second-order valence-corrected chi connectivity index (χ2v) is 7.28. The van der Waals surface area contributed by atoms with Crippen LogP contribution < -0.4 is 5.32 Å². The van der Waals surface area contributed by atoms with Crippen LogP contribution in [0.3, 0.4) is 0 Å². The molecule has 1 fully saturated rings. The summed E-state index contributed by atoms with van der Waals surface area (Å²) >= 11 is 0. The van der Waals surface area contributed by atoms with Gasteiger partial charge in [0.1, 0.15) is 12.1 Å². The van der Waals surface area contributed by atoms with Gasteiger partial charge in [-0.1, -0.05) is 5.16 Å². The number of imidazole rings is 1. The highest BCUT2D eigenvalue weighted by Gasteiger charge is 2.20. The Hall–Kier alpha value is -1.62. The van der Waals surface area contributed by atoms with Crippen LogP contribution >= 0.6 is 24.0 Å². The van der Waals surface area contributed by atoms with Crippen molar-refractivity contribution in [2.24, 2.45) is 4.99 Å². The highest BCUT2D eigenvalue weighted by atomic mass is 127. The number of aryl methyl sites for hydroxylation is 2. The Bertz CT molecular complexity index is 727. The molecule has 1 saturated heterocycles. The van der Waals surface area contributed by atoms with E-state index in [0.29, 0.717) is 0 Å². The average Bonchev–Trinajstić information content (AvgIpc) is 3.35. The summed E-state index contributed by atoms with van der Waals surface area (Å²) in [5, 5.41) is 7.51. The highest BCUT2D eigenvalue weighted by Crippen LogP contribution is 2.14. The van der Waals surface area contributed by atoms with E-state index in [0.717, 1.165) is 70.3 Å². The summed E-state index contributed by atoms with van der Waals surface area (Å²) in [5.74, 6) is 2.24. The van der Waals surface area contributed by atoms with E-state index in [9.17, 15) is 0 Å². The molecule has 0 aliphatic carbocycles. The van der Waals surface area contributed by atoms with Crippen LogP contribution in [0.25, 0.3) is 0 Å². The highest BCUT2D eigenvalue weighted by molar-refractivity contribution is 14.0. The van der Waals surface area contributed by atoms with Crippen LogP contribution in [-0.2, 0) is 25.9 Å². The van der Waals surface area contributed by atoms with Gasteiger partial charge in [-0.15, -0.1) is 24.0 Å². The number of piperazine rings is 1. The molecule has 0 radical (unpaired) electrons. The lowest BCUT2D eigenvalue weighted by Crippen LogP contribution is -2.52. The first-order valence-electron chi connectivity index (χ1n) is 9.94. The molecule has 2 aromatic rings. The number of guanidine groups is 1. The topological polar surface area (TPSA) is 74.7 Å². The SMILES string of the molecule is CN=C(NCCc1cn2c(n1)CCCC2)N1CCN(Cc2ccon2)CC1.I.